The number of carbonyl (C=O) groups is 1. The third-order valence-electron chi connectivity index (χ3n) is 3.83. The van der Waals surface area contributed by atoms with Crippen LogP contribution in [0, 0.1) is 0 Å². The van der Waals surface area contributed by atoms with Crippen molar-refractivity contribution in [3.05, 3.63) is 59.5 Å². The molecule has 1 amide bonds. The molecule has 0 unspecified atom stereocenters. The second-order valence-corrected chi connectivity index (χ2v) is 5.53. The lowest BCUT2D eigenvalue weighted by Crippen LogP contribution is -2.33. The van der Waals surface area contributed by atoms with Crippen LogP contribution in [0.5, 0.6) is 0 Å². The summed E-state index contributed by atoms with van der Waals surface area (Å²) in [5.41, 5.74) is 7.70. The zero-order valence-corrected chi connectivity index (χ0v) is 12.0. The number of benzene rings is 1. The lowest BCUT2D eigenvalue weighted by molar-refractivity contribution is -0.131. The maximum absolute atomic E-state index is 12.5. The number of hydrogen-bond donors (Lipinski definition) is 1. The van der Waals surface area contributed by atoms with Gasteiger partial charge in [0.1, 0.15) is 5.76 Å². The molecule has 2 N–H and O–H groups in total. The summed E-state index contributed by atoms with van der Waals surface area (Å²) < 4.78 is 5.36. The molecule has 4 heteroatoms. The molecule has 4 nitrogen and oxygen atoms in total. The first kappa shape index (κ1) is 13.9. The Morgan fingerprint density at radius 3 is 2.48 bits per heavy atom. The zero-order chi connectivity index (χ0) is 14.7. The van der Waals surface area contributed by atoms with Crippen molar-refractivity contribution < 1.29 is 9.21 Å². The van der Waals surface area contributed by atoms with Crippen molar-refractivity contribution >= 4 is 5.91 Å². The molecular weight excluding hydrogens is 264 g/mol. The van der Waals surface area contributed by atoms with Crippen LogP contribution >= 0.6 is 0 Å². The Morgan fingerprint density at radius 1 is 1.19 bits per heavy atom. The molecule has 1 heterocycles. The molecule has 0 saturated heterocycles. The number of furan rings is 1. The average Bonchev–Trinajstić information content (AvgIpc) is 3.21. The van der Waals surface area contributed by atoms with Crippen LogP contribution in [0.4, 0.5) is 0 Å². The lowest BCUT2D eigenvalue weighted by atomic mass is 10.1. The molecular formula is C17H20N2O2. The molecule has 21 heavy (non-hydrogen) atoms. The molecule has 2 aromatic rings. The Kier molecular flexibility index (Phi) is 4.06. The molecule has 1 aromatic heterocycles. The highest BCUT2D eigenvalue weighted by molar-refractivity contribution is 5.79. The van der Waals surface area contributed by atoms with Gasteiger partial charge in [-0.1, -0.05) is 24.3 Å². The van der Waals surface area contributed by atoms with Gasteiger partial charge in [0.15, 0.2) is 0 Å². The van der Waals surface area contributed by atoms with Gasteiger partial charge < -0.3 is 15.1 Å². The number of nitrogens with two attached hydrogens (primary N) is 1. The maximum Gasteiger partial charge on any atom is 0.227 e. The predicted molar refractivity (Wildman–Crippen MR) is 80.3 cm³/mol. The van der Waals surface area contributed by atoms with Crippen molar-refractivity contribution in [1.29, 1.82) is 0 Å². The van der Waals surface area contributed by atoms with E-state index in [1.54, 1.807) is 6.26 Å². The SMILES string of the molecule is NCc1ccc(CC(=O)N(Cc2ccco2)C2CC2)cc1. The summed E-state index contributed by atoms with van der Waals surface area (Å²) >= 11 is 0. The van der Waals surface area contributed by atoms with Crippen molar-refractivity contribution in [2.24, 2.45) is 5.73 Å². The summed E-state index contributed by atoms with van der Waals surface area (Å²) in [6.45, 7) is 1.10. The van der Waals surface area contributed by atoms with Crippen LogP contribution in [-0.2, 0) is 24.3 Å². The summed E-state index contributed by atoms with van der Waals surface area (Å²) in [5, 5.41) is 0. The number of carbonyl (C=O) groups excluding carboxylic acids is 1. The fraction of sp³-hybridized carbons (Fsp3) is 0.353. The smallest absolute Gasteiger partial charge is 0.227 e. The minimum absolute atomic E-state index is 0.161. The summed E-state index contributed by atoms with van der Waals surface area (Å²) in [7, 11) is 0. The molecule has 1 saturated carbocycles. The first-order valence-corrected chi connectivity index (χ1v) is 7.36. The Labute approximate surface area is 124 Å². The molecule has 1 aliphatic rings. The van der Waals surface area contributed by atoms with E-state index < -0.39 is 0 Å². The van der Waals surface area contributed by atoms with Gasteiger partial charge in [-0.05, 0) is 36.1 Å². The second kappa shape index (κ2) is 6.14. The van der Waals surface area contributed by atoms with E-state index in [4.69, 9.17) is 10.2 Å². The predicted octanol–water partition coefficient (Wildman–Crippen LogP) is 2.47. The number of nitrogens with zero attached hydrogens (tertiary/aromatic N) is 1. The minimum atomic E-state index is 0.161. The van der Waals surface area contributed by atoms with Gasteiger partial charge >= 0.3 is 0 Å². The van der Waals surface area contributed by atoms with Crippen molar-refractivity contribution in [1.82, 2.24) is 4.90 Å². The molecule has 3 rings (SSSR count). The highest BCUT2D eigenvalue weighted by atomic mass is 16.3. The van der Waals surface area contributed by atoms with Gasteiger partial charge in [-0.2, -0.15) is 0 Å². The van der Waals surface area contributed by atoms with Gasteiger partial charge in [0.25, 0.3) is 0 Å². The summed E-state index contributed by atoms with van der Waals surface area (Å²) in [4.78, 5) is 14.5. The normalized spacial score (nSPS) is 14.1. The topological polar surface area (TPSA) is 59.5 Å². The van der Waals surface area contributed by atoms with E-state index in [1.165, 1.54) is 0 Å². The van der Waals surface area contributed by atoms with Crippen molar-refractivity contribution in [3.63, 3.8) is 0 Å². The Bertz CT molecular complexity index is 586. The molecule has 0 radical (unpaired) electrons. The molecule has 0 atom stereocenters. The van der Waals surface area contributed by atoms with Gasteiger partial charge in [0.05, 0.1) is 19.2 Å². The van der Waals surface area contributed by atoms with Crippen LogP contribution < -0.4 is 5.73 Å². The first-order valence-electron chi connectivity index (χ1n) is 7.36. The van der Waals surface area contributed by atoms with E-state index in [1.807, 2.05) is 41.3 Å². The molecule has 1 aromatic carbocycles. The van der Waals surface area contributed by atoms with E-state index >= 15 is 0 Å². The Balaban J connectivity index is 1.66. The third-order valence-corrected chi connectivity index (χ3v) is 3.83. The maximum atomic E-state index is 12.5. The highest BCUT2D eigenvalue weighted by Gasteiger charge is 2.32. The number of hydrogen-bond acceptors (Lipinski definition) is 3. The average molecular weight is 284 g/mol. The molecule has 1 fully saturated rings. The number of rotatable bonds is 6. The molecule has 110 valence electrons. The summed E-state index contributed by atoms with van der Waals surface area (Å²) in [6, 6.07) is 12.1. The Hall–Kier alpha value is -2.07. The third kappa shape index (κ3) is 3.52. The van der Waals surface area contributed by atoms with Crippen LogP contribution in [0.25, 0.3) is 0 Å². The van der Waals surface area contributed by atoms with E-state index in [0.717, 1.165) is 29.7 Å². The van der Waals surface area contributed by atoms with Gasteiger partial charge in [0.2, 0.25) is 5.91 Å². The zero-order valence-electron chi connectivity index (χ0n) is 12.0. The Morgan fingerprint density at radius 2 is 1.90 bits per heavy atom. The van der Waals surface area contributed by atoms with Gasteiger partial charge in [-0.25, -0.2) is 0 Å². The number of amides is 1. The van der Waals surface area contributed by atoms with E-state index in [2.05, 4.69) is 0 Å². The fourth-order valence-electron chi connectivity index (χ4n) is 2.45. The monoisotopic (exact) mass is 284 g/mol. The standard InChI is InChI=1S/C17H20N2O2/c18-11-14-5-3-13(4-6-14)10-17(20)19(15-7-8-15)12-16-2-1-9-21-16/h1-6,9,15H,7-8,10-12,18H2. The van der Waals surface area contributed by atoms with E-state index in [9.17, 15) is 4.79 Å². The highest BCUT2D eigenvalue weighted by Crippen LogP contribution is 2.29. The lowest BCUT2D eigenvalue weighted by Gasteiger charge is -2.21. The summed E-state index contributed by atoms with van der Waals surface area (Å²) in [6.07, 6.45) is 4.27. The summed E-state index contributed by atoms with van der Waals surface area (Å²) in [5.74, 6) is 1.00. The second-order valence-electron chi connectivity index (χ2n) is 5.53. The van der Waals surface area contributed by atoms with Crippen molar-refractivity contribution in [2.45, 2.75) is 38.4 Å². The molecule has 1 aliphatic carbocycles. The molecule has 0 aliphatic heterocycles. The van der Waals surface area contributed by atoms with Gasteiger partial charge in [-0.3, -0.25) is 4.79 Å². The van der Waals surface area contributed by atoms with Crippen LogP contribution in [-0.4, -0.2) is 16.8 Å². The van der Waals surface area contributed by atoms with Crippen LogP contribution in [0.2, 0.25) is 0 Å². The van der Waals surface area contributed by atoms with Crippen molar-refractivity contribution in [3.8, 4) is 0 Å². The van der Waals surface area contributed by atoms with E-state index in [0.29, 0.717) is 25.6 Å². The fourth-order valence-corrected chi connectivity index (χ4v) is 2.45. The molecule has 0 bridgehead atoms. The van der Waals surface area contributed by atoms with E-state index in [-0.39, 0.29) is 5.91 Å². The van der Waals surface area contributed by atoms with Crippen LogP contribution in [0.15, 0.2) is 47.1 Å². The van der Waals surface area contributed by atoms with Crippen LogP contribution in [0.3, 0.4) is 0 Å². The van der Waals surface area contributed by atoms with Crippen LogP contribution in [0.1, 0.15) is 29.7 Å². The largest absolute Gasteiger partial charge is 0.467 e. The van der Waals surface area contributed by atoms with Gasteiger partial charge in [-0.15, -0.1) is 0 Å². The minimum Gasteiger partial charge on any atom is -0.467 e. The first-order chi connectivity index (χ1) is 10.3. The van der Waals surface area contributed by atoms with Gasteiger partial charge in [0, 0.05) is 12.6 Å². The van der Waals surface area contributed by atoms with Crippen molar-refractivity contribution in [2.75, 3.05) is 0 Å². The molecule has 0 spiro atoms. The quantitative estimate of drug-likeness (QED) is 0.886.